The molecule has 0 aliphatic carbocycles. The number of halogens is 5. The molecule has 0 aliphatic rings. The smallest absolute Gasteiger partial charge is 0.405 e. The molecule has 0 aromatic heterocycles. The van der Waals surface area contributed by atoms with Gasteiger partial charge in [-0.3, -0.25) is 4.79 Å². The standard InChI is InChI=1S/C12H12Br2F3NO2/c1-6(2)10(14)11(19)18-7-3-4-9(8(13)5-7)20-12(15,16)17/h3-6,10H,1-2H3,(H,18,19). The Bertz CT molecular complexity index is 492. The zero-order valence-corrected chi connectivity index (χ0v) is 13.8. The van der Waals surface area contributed by atoms with E-state index in [9.17, 15) is 18.0 Å². The number of hydrogen-bond donors (Lipinski definition) is 1. The molecule has 20 heavy (non-hydrogen) atoms. The summed E-state index contributed by atoms with van der Waals surface area (Å²) in [7, 11) is 0. The van der Waals surface area contributed by atoms with Crippen molar-refractivity contribution in [3.05, 3.63) is 22.7 Å². The molecule has 8 heteroatoms. The maximum Gasteiger partial charge on any atom is 0.573 e. The van der Waals surface area contributed by atoms with Gasteiger partial charge < -0.3 is 10.1 Å². The van der Waals surface area contributed by atoms with Crippen LogP contribution in [-0.4, -0.2) is 17.1 Å². The van der Waals surface area contributed by atoms with Crippen LogP contribution >= 0.6 is 31.9 Å². The molecule has 0 bridgehead atoms. The summed E-state index contributed by atoms with van der Waals surface area (Å²) in [5, 5.41) is 2.60. The van der Waals surface area contributed by atoms with Crippen LogP contribution in [0.5, 0.6) is 5.75 Å². The van der Waals surface area contributed by atoms with E-state index in [2.05, 4.69) is 41.9 Å². The van der Waals surface area contributed by atoms with Crippen LogP contribution in [0.1, 0.15) is 13.8 Å². The summed E-state index contributed by atoms with van der Waals surface area (Å²) in [6.45, 7) is 3.74. The van der Waals surface area contributed by atoms with Crippen molar-refractivity contribution in [3.8, 4) is 5.75 Å². The fraction of sp³-hybridized carbons (Fsp3) is 0.417. The lowest BCUT2D eigenvalue weighted by Gasteiger charge is -2.15. The number of carbonyl (C=O) groups is 1. The third-order valence-corrected chi connectivity index (χ3v) is 4.35. The summed E-state index contributed by atoms with van der Waals surface area (Å²) in [5.74, 6) is -0.544. The van der Waals surface area contributed by atoms with E-state index >= 15 is 0 Å². The van der Waals surface area contributed by atoms with Crippen LogP contribution in [-0.2, 0) is 4.79 Å². The van der Waals surface area contributed by atoms with Gasteiger partial charge >= 0.3 is 6.36 Å². The fourth-order valence-corrected chi connectivity index (χ4v) is 1.87. The minimum absolute atomic E-state index is 0.0891. The summed E-state index contributed by atoms with van der Waals surface area (Å²) in [6.07, 6.45) is -4.76. The molecular weight excluding hydrogens is 407 g/mol. The number of rotatable bonds is 4. The minimum atomic E-state index is -4.76. The van der Waals surface area contributed by atoms with Crippen molar-refractivity contribution in [1.82, 2.24) is 0 Å². The first-order valence-corrected chi connectivity index (χ1v) is 7.31. The zero-order chi connectivity index (χ0) is 15.5. The second-order valence-corrected chi connectivity index (χ2v) is 6.17. The van der Waals surface area contributed by atoms with Crippen molar-refractivity contribution in [3.63, 3.8) is 0 Å². The van der Waals surface area contributed by atoms with E-state index in [1.165, 1.54) is 12.1 Å². The molecule has 0 saturated heterocycles. The molecule has 0 aliphatic heterocycles. The Morgan fingerprint density at radius 1 is 1.35 bits per heavy atom. The molecular formula is C12H12Br2F3NO2. The number of ether oxygens (including phenoxy) is 1. The highest BCUT2D eigenvalue weighted by molar-refractivity contribution is 9.10. The zero-order valence-electron chi connectivity index (χ0n) is 10.6. The Hall–Kier alpha value is -0.760. The normalized spacial score (nSPS) is 13.2. The lowest BCUT2D eigenvalue weighted by Crippen LogP contribution is -2.27. The Morgan fingerprint density at radius 2 is 1.95 bits per heavy atom. The van der Waals surface area contributed by atoms with Gasteiger partial charge in [0.2, 0.25) is 5.91 Å². The number of alkyl halides is 4. The largest absolute Gasteiger partial charge is 0.573 e. The van der Waals surface area contributed by atoms with Gasteiger partial charge in [-0.2, -0.15) is 0 Å². The van der Waals surface area contributed by atoms with Gasteiger partial charge in [0.05, 0.1) is 9.30 Å². The van der Waals surface area contributed by atoms with E-state index in [4.69, 9.17) is 0 Å². The van der Waals surface area contributed by atoms with Gasteiger partial charge in [0.15, 0.2) is 0 Å². The summed E-state index contributed by atoms with van der Waals surface area (Å²) >= 11 is 6.21. The average Bonchev–Trinajstić information content (AvgIpc) is 2.30. The Balaban J connectivity index is 2.80. The fourth-order valence-electron chi connectivity index (χ4n) is 1.30. The molecule has 1 aromatic rings. The maximum atomic E-state index is 12.1. The lowest BCUT2D eigenvalue weighted by molar-refractivity contribution is -0.274. The molecule has 0 heterocycles. The molecule has 0 spiro atoms. The molecule has 0 fully saturated rings. The molecule has 1 amide bonds. The highest BCUT2D eigenvalue weighted by Crippen LogP contribution is 2.32. The van der Waals surface area contributed by atoms with Crippen molar-refractivity contribution in [1.29, 1.82) is 0 Å². The maximum absolute atomic E-state index is 12.1. The van der Waals surface area contributed by atoms with E-state index in [0.29, 0.717) is 5.69 Å². The molecule has 1 atom stereocenters. The van der Waals surface area contributed by atoms with Crippen LogP contribution in [0.3, 0.4) is 0 Å². The van der Waals surface area contributed by atoms with E-state index in [-0.39, 0.29) is 26.9 Å². The van der Waals surface area contributed by atoms with Gasteiger partial charge in [0.25, 0.3) is 0 Å². The Morgan fingerprint density at radius 3 is 2.40 bits per heavy atom. The van der Waals surface area contributed by atoms with Gasteiger partial charge in [-0.15, -0.1) is 13.2 Å². The van der Waals surface area contributed by atoms with Gasteiger partial charge in [-0.1, -0.05) is 29.8 Å². The van der Waals surface area contributed by atoms with E-state index in [1.54, 1.807) is 0 Å². The number of carbonyl (C=O) groups excluding carboxylic acids is 1. The van der Waals surface area contributed by atoms with Crippen LogP contribution in [0.15, 0.2) is 22.7 Å². The first kappa shape index (κ1) is 17.3. The van der Waals surface area contributed by atoms with Crippen LogP contribution in [0, 0.1) is 5.92 Å². The molecule has 3 nitrogen and oxygen atoms in total. The monoisotopic (exact) mass is 417 g/mol. The van der Waals surface area contributed by atoms with Crippen molar-refractivity contribution in [2.75, 3.05) is 5.32 Å². The molecule has 1 N–H and O–H groups in total. The number of benzene rings is 1. The lowest BCUT2D eigenvalue weighted by atomic mass is 10.1. The van der Waals surface area contributed by atoms with Crippen molar-refractivity contribution < 1.29 is 22.7 Å². The van der Waals surface area contributed by atoms with Crippen LogP contribution in [0.25, 0.3) is 0 Å². The van der Waals surface area contributed by atoms with Gasteiger partial charge in [-0.25, -0.2) is 0 Å². The SMILES string of the molecule is CC(C)C(Br)C(=O)Nc1ccc(OC(F)(F)F)c(Br)c1. The summed E-state index contributed by atoms with van der Waals surface area (Å²) in [5.41, 5.74) is 0.376. The first-order valence-electron chi connectivity index (χ1n) is 5.60. The Labute approximate surface area is 131 Å². The Kier molecular flexibility index (Phi) is 5.88. The van der Waals surface area contributed by atoms with Gasteiger partial charge in [-0.05, 0) is 40.0 Å². The summed E-state index contributed by atoms with van der Waals surface area (Å²) in [4.78, 5) is 11.4. The number of nitrogens with one attached hydrogen (secondary N) is 1. The summed E-state index contributed by atoms with van der Waals surface area (Å²) in [6, 6.07) is 3.81. The van der Waals surface area contributed by atoms with Crippen LogP contribution in [0.4, 0.5) is 18.9 Å². The number of amides is 1. The third kappa shape index (κ3) is 5.32. The van der Waals surface area contributed by atoms with Crippen molar-refractivity contribution in [2.24, 2.45) is 5.92 Å². The number of anilines is 1. The van der Waals surface area contributed by atoms with Gasteiger partial charge in [0, 0.05) is 5.69 Å². The first-order chi connectivity index (χ1) is 9.10. The molecule has 0 saturated carbocycles. The second-order valence-electron chi connectivity index (χ2n) is 4.33. The van der Waals surface area contributed by atoms with E-state index < -0.39 is 6.36 Å². The van der Waals surface area contributed by atoms with E-state index in [1.807, 2.05) is 13.8 Å². The van der Waals surface area contributed by atoms with Crippen molar-refractivity contribution in [2.45, 2.75) is 25.0 Å². The molecule has 112 valence electrons. The molecule has 1 unspecified atom stereocenters. The van der Waals surface area contributed by atoms with Gasteiger partial charge in [0.1, 0.15) is 5.75 Å². The van der Waals surface area contributed by atoms with Crippen LogP contribution < -0.4 is 10.1 Å². The predicted molar refractivity (Wildman–Crippen MR) is 77.0 cm³/mol. The second kappa shape index (κ2) is 6.80. The van der Waals surface area contributed by atoms with Crippen LogP contribution in [0.2, 0.25) is 0 Å². The summed E-state index contributed by atoms with van der Waals surface area (Å²) < 4.78 is 40.2. The highest BCUT2D eigenvalue weighted by atomic mass is 79.9. The number of hydrogen-bond acceptors (Lipinski definition) is 2. The topological polar surface area (TPSA) is 38.3 Å². The molecule has 1 aromatic carbocycles. The van der Waals surface area contributed by atoms with Crippen molar-refractivity contribution >= 4 is 43.5 Å². The minimum Gasteiger partial charge on any atom is -0.405 e. The average molecular weight is 419 g/mol. The predicted octanol–water partition coefficient (Wildman–Crippen LogP) is 4.71. The van der Waals surface area contributed by atoms with E-state index in [0.717, 1.165) is 6.07 Å². The molecule has 0 radical (unpaired) electrons. The quantitative estimate of drug-likeness (QED) is 0.719. The third-order valence-electron chi connectivity index (χ3n) is 2.26. The molecule has 1 rings (SSSR count). The highest BCUT2D eigenvalue weighted by Gasteiger charge is 2.32.